The van der Waals surface area contributed by atoms with Crippen LogP contribution in [0.15, 0.2) is 30.3 Å². The predicted octanol–water partition coefficient (Wildman–Crippen LogP) is 3.98. The molecule has 1 spiro atoms. The molecule has 1 atom stereocenters. The number of hydrogen-bond acceptors (Lipinski definition) is 4. The van der Waals surface area contributed by atoms with Crippen molar-refractivity contribution in [3.8, 4) is 0 Å². The van der Waals surface area contributed by atoms with E-state index in [1.165, 1.54) is 44.2 Å². The molecule has 1 aliphatic carbocycles. The summed E-state index contributed by atoms with van der Waals surface area (Å²) in [6.07, 6.45) is 10.1. The highest BCUT2D eigenvalue weighted by Crippen LogP contribution is 2.39. The number of piperazine rings is 1. The van der Waals surface area contributed by atoms with Gasteiger partial charge in [-0.15, -0.1) is 0 Å². The van der Waals surface area contributed by atoms with Gasteiger partial charge in [-0.1, -0.05) is 37.5 Å². The predicted molar refractivity (Wildman–Crippen MR) is 123 cm³/mol. The van der Waals surface area contributed by atoms with Gasteiger partial charge in [0.25, 0.3) is 0 Å². The van der Waals surface area contributed by atoms with Gasteiger partial charge in [0.2, 0.25) is 0 Å². The van der Waals surface area contributed by atoms with Crippen molar-refractivity contribution >= 4 is 11.7 Å². The third-order valence-corrected chi connectivity index (χ3v) is 7.98. The summed E-state index contributed by atoms with van der Waals surface area (Å²) in [5, 5.41) is 2.29. The Kier molecular flexibility index (Phi) is 6.37. The molecule has 1 saturated carbocycles. The van der Waals surface area contributed by atoms with Gasteiger partial charge in [-0.3, -0.25) is 4.84 Å². The molecule has 3 aliphatic heterocycles. The van der Waals surface area contributed by atoms with E-state index in [4.69, 9.17) is 4.84 Å². The van der Waals surface area contributed by atoms with Crippen LogP contribution < -0.4 is 4.90 Å². The van der Waals surface area contributed by atoms with Crippen LogP contribution in [-0.4, -0.2) is 79.4 Å². The van der Waals surface area contributed by atoms with Crippen molar-refractivity contribution in [3.63, 3.8) is 0 Å². The number of carbonyl (C=O) groups excluding carboxylic acids is 1. The van der Waals surface area contributed by atoms with E-state index in [1.54, 1.807) is 0 Å². The molecule has 0 aromatic heterocycles. The second kappa shape index (κ2) is 9.37. The van der Waals surface area contributed by atoms with Crippen LogP contribution in [0.25, 0.3) is 0 Å². The standard InChI is InChI=1S/C25H38N4O2/c30-24(27-18-16-26(17-19-27)22-8-3-1-4-9-22)28-14-7-12-25(20-28)13-15-29(31-21-25)23-10-5-2-6-11-23/h1,3-4,8-9,23H,2,5-7,10-21H2. The van der Waals surface area contributed by atoms with E-state index in [0.29, 0.717) is 6.04 Å². The average molecular weight is 427 g/mol. The summed E-state index contributed by atoms with van der Waals surface area (Å²) in [7, 11) is 0. The molecule has 1 unspecified atom stereocenters. The molecule has 6 nitrogen and oxygen atoms in total. The van der Waals surface area contributed by atoms with E-state index in [-0.39, 0.29) is 11.4 Å². The van der Waals surface area contributed by atoms with Crippen LogP contribution in [0.3, 0.4) is 0 Å². The summed E-state index contributed by atoms with van der Waals surface area (Å²) in [5.74, 6) is 0. The fourth-order valence-corrected chi connectivity index (χ4v) is 6.05. The van der Waals surface area contributed by atoms with Crippen molar-refractivity contribution in [2.24, 2.45) is 5.41 Å². The van der Waals surface area contributed by atoms with E-state index in [9.17, 15) is 4.79 Å². The SMILES string of the molecule is O=C(N1CCN(c2ccccc2)CC1)N1CCCC2(CCN(C3CCCCC3)OC2)C1. The normalized spacial score (nSPS) is 28.8. The largest absolute Gasteiger partial charge is 0.368 e. The summed E-state index contributed by atoms with van der Waals surface area (Å²) < 4.78 is 0. The number of nitrogens with zero attached hydrogens (tertiary/aromatic N) is 4. The highest BCUT2D eigenvalue weighted by atomic mass is 16.7. The first-order chi connectivity index (χ1) is 15.2. The highest BCUT2D eigenvalue weighted by Gasteiger charge is 2.42. The van der Waals surface area contributed by atoms with Crippen LogP contribution in [0.4, 0.5) is 10.5 Å². The number of hydroxylamine groups is 2. The van der Waals surface area contributed by atoms with E-state index < -0.39 is 0 Å². The zero-order valence-corrected chi connectivity index (χ0v) is 18.9. The number of hydrogen-bond donors (Lipinski definition) is 0. The van der Waals surface area contributed by atoms with Gasteiger partial charge in [0, 0.05) is 63.0 Å². The van der Waals surface area contributed by atoms with Crippen LogP contribution in [-0.2, 0) is 4.84 Å². The number of para-hydroxylation sites is 1. The number of urea groups is 1. The first kappa shape index (κ1) is 21.1. The Labute approximate surface area is 187 Å². The minimum Gasteiger partial charge on any atom is -0.368 e. The molecule has 4 aliphatic rings. The summed E-state index contributed by atoms with van der Waals surface area (Å²) in [5.41, 5.74) is 1.42. The Morgan fingerprint density at radius 1 is 0.839 bits per heavy atom. The van der Waals surface area contributed by atoms with Crippen molar-refractivity contribution in [1.29, 1.82) is 0 Å². The minimum absolute atomic E-state index is 0.158. The lowest BCUT2D eigenvalue weighted by Crippen LogP contribution is -2.58. The molecule has 1 aromatic rings. The third kappa shape index (κ3) is 4.70. The number of carbonyl (C=O) groups is 1. The van der Waals surface area contributed by atoms with E-state index in [1.807, 2.05) is 0 Å². The second-order valence-corrected chi connectivity index (χ2v) is 10.1. The monoisotopic (exact) mass is 426 g/mol. The van der Waals surface area contributed by atoms with Gasteiger partial charge in [0.1, 0.15) is 0 Å². The van der Waals surface area contributed by atoms with Gasteiger partial charge in [0.15, 0.2) is 0 Å². The third-order valence-electron chi connectivity index (χ3n) is 7.98. The van der Waals surface area contributed by atoms with Crippen molar-refractivity contribution in [3.05, 3.63) is 30.3 Å². The molecule has 0 N–H and O–H groups in total. The molecule has 2 amide bonds. The minimum atomic E-state index is 0.158. The second-order valence-electron chi connectivity index (χ2n) is 10.1. The first-order valence-electron chi connectivity index (χ1n) is 12.5. The fourth-order valence-electron chi connectivity index (χ4n) is 6.05. The average Bonchev–Trinajstić information content (AvgIpc) is 2.85. The molecule has 31 heavy (non-hydrogen) atoms. The zero-order valence-electron chi connectivity index (χ0n) is 18.9. The summed E-state index contributed by atoms with van der Waals surface area (Å²) in [6, 6.07) is 11.4. The van der Waals surface area contributed by atoms with Crippen molar-refractivity contribution in [1.82, 2.24) is 14.9 Å². The van der Waals surface area contributed by atoms with Gasteiger partial charge in [0.05, 0.1) is 6.61 Å². The summed E-state index contributed by atoms with van der Waals surface area (Å²) in [6.45, 7) is 7.02. The fraction of sp³-hybridized carbons (Fsp3) is 0.720. The molecule has 170 valence electrons. The Hall–Kier alpha value is -1.79. The number of benzene rings is 1. The molecule has 3 heterocycles. The van der Waals surface area contributed by atoms with Crippen molar-refractivity contribution in [2.45, 2.75) is 57.4 Å². The Balaban J connectivity index is 1.13. The van der Waals surface area contributed by atoms with Crippen LogP contribution >= 0.6 is 0 Å². The number of amides is 2. The van der Waals surface area contributed by atoms with Crippen LogP contribution in [0.2, 0.25) is 0 Å². The topological polar surface area (TPSA) is 39.3 Å². The van der Waals surface area contributed by atoms with Gasteiger partial charge in [-0.05, 0) is 44.2 Å². The molecule has 4 fully saturated rings. The number of anilines is 1. The molecular formula is C25H38N4O2. The zero-order chi connectivity index (χ0) is 21.1. The molecule has 6 heteroatoms. The summed E-state index contributed by atoms with van der Waals surface area (Å²) in [4.78, 5) is 26.2. The first-order valence-corrected chi connectivity index (χ1v) is 12.5. The van der Waals surface area contributed by atoms with Crippen LogP contribution in [0, 0.1) is 5.41 Å². The van der Waals surface area contributed by atoms with Gasteiger partial charge in [-0.2, -0.15) is 5.06 Å². The molecule has 1 aromatic carbocycles. The van der Waals surface area contributed by atoms with Crippen molar-refractivity contribution < 1.29 is 9.63 Å². The molecular weight excluding hydrogens is 388 g/mol. The van der Waals surface area contributed by atoms with Crippen molar-refractivity contribution in [2.75, 3.05) is 57.3 Å². The van der Waals surface area contributed by atoms with Gasteiger partial charge in [-0.25, -0.2) is 4.79 Å². The Morgan fingerprint density at radius 3 is 2.32 bits per heavy atom. The Bertz CT molecular complexity index is 720. The van der Waals surface area contributed by atoms with Gasteiger partial charge >= 0.3 is 6.03 Å². The lowest BCUT2D eigenvalue weighted by Gasteiger charge is -2.49. The Morgan fingerprint density at radius 2 is 1.61 bits per heavy atom. The lowest BCUT2D eigenvalue weighted by atomic mass is 9.77. The van der Waals surface area contributed by atoms with E-state index in [2.05, 4.69) is 50.1 Å². The smallest absolute Gasteiger partial charge is 0.320 e. The van der Waals surface area contributed by atoms with Crippen LogP contribution in [0.1, 0.15) is 51.4 Å². The van der Waals surface area contributed by atoms with E-state index >= 15 is 0 Å². The maximum Gasteiger partial charge on any atom is 0.320 e. The number of likely N-dealkylation sites (tertiary alicyclic amines) is 1. The molecule has 0 bridgehead atoms. The quantitative estimate of drug-likeness (QED) is 0.717. The van der Waals surface area contributed by atoms with Gasteiger partial charge < -0.3 is 14.7 Å². The molecule has 5 rings (SSSR count). The number of rotatable bonds is 2. The van der Waals surface area contributed by atoms with E-state index in [0.717, 1.165) is 65.3 Å². The maximum absolute atomic E-state index is 13.3. The molecule has 0 radical (unpaired) electrons. The molecule has 3 saturated heterocycles. The van der Waals surface area contributed by atoms with Crippen LogP contribution in [0.5, 0.6) is 0 Å². The highest BCUT2D eigenvalue weighted by molar-refractivity contribution is 5.75. The summed E-state index contributed by atoms with van der Waals surface area (Å²) >= 11 is 0. The number of piperidine rings is 1. The lowest BCUT2D eigenvalue weighted by molar-refractivity contribution is -0.250. The maximum atomic E-state index is 13.3.